The Morgan fingerprint density at radius 1 is 1.19 bits per heavy atom. The molecule has 1 aliphatic rings. The molecule has 0 amide bonds. The van der Waals surface area contributed by atoms with Gasteiger partial charge in [-0.1, -0.05) is 29.3 Å². The molecule has 2 N–H and O–H groups in total. The summed E-state index contributed by atoms with van der Waals surface area (Å²) >= 11 is 12.0. The minimum absolute atomic E-state index is 0.0153. The molecule has 1 heterocycles. The Kier molecular flexibility index (Phi) is 5.51. The van der Waals surface area contributed by atoms with Gasteiger partial charge in [0.05, 0.1) is 16.3 Å². The highest BCUT2D eigenvalue weighted by Gasteiger charge is 2.28. The number of hydrogen-bond acceptors (Lipinski definition) is 4. The first kappa shape index (κ1) is 17.0. The summed E-state index contributed by atoms with van der Waals surface area (Å²) in [4.78, 5) is 2.18. The summed E-state index contributed by atoms with van der Waals surface area (Å²) in [6.07, 6.45) is 1.24. The smallest absolute Gasteiger partial charge is 0.211 e. The first-order valence-corrected chi connectivity index (χ1v) is 9.27. The van der Waals surface area contributed by atoms with Crippen molar-refractivity contribution in [2.75, 3.05) is 39.0 Å². The molecule has 21 heavy (non-hydrogen) atoms. The van der Waals surface area contributed by atoms with Crippen molar-refractivity contribution >= 4 is 33.2 Å². The molecule has 0 bridgehead atoms. The maximum absolute atomic E-state index is 11.5. The van der Waals surface area contributed by atoms with Crippen LogP contribution in [0.1, 0.15) is 11.6 Å². The van der Waals surface area contributed by atoms with E-state index in [9.17, 15) is 8.42 Å². The lowest BCUT2D eigenvalue weighted by Gasteiger charge is -2.38. The van der Waals surface area contributed by atoms with Gasteiger partial charge in [-0.15, -0.1) is 0 Å². The first-order chi connectivity index (χ1) is 9.82. The number of rotatable bonds is 4. The van der Waals surface area contributed by atoms with E-state index in [1.807, 2.05) is 12.1 Å². The molecule has 0 aromatic heterocycles. The first-order valence-electron chi connectivity index (χ1n) is 6.67. The fourth-order valence-electron chi connectivity index (χ4n) is 2.56. The van der Waals surface area contributed by atoms with Crippen molar-refractivity contribution in [3.8, 4) is 0 Å². The summed E-state index contributed by atoms with van der Waals surface area (Å²) in [6, 6.07) is 5.51. The van der Waals surface area contributed by atoms with Gasteiger partial charge in [0, 0.05) is 38.8 Å². The number of nitrogens with two attached hydrogens (primary N) is 1. The summed E-state index contributed by atoms with van der Waals surface area (Å²) in [7, 11) is -3.12. The zero-order chi connectivity index (χ0) is 15.6. The van der Waals surface area contributed by atoms with Gasteiger partial charge >= 0.3 is 0 Å². The van der Waals surface area contributed by atoms with Crippen LogP contribution in [-0.4, -0.2) is 56.6 Å². The molecule has 0 radical (unpaired) electrons. The molecule has 118 valence electrons. The zero-order valence-corrected chi connectivity index (χ0v) is 14.1. The van der Waals surface area contributed by atoms with Crippen LogP contribution in [0.4, 0.5) is 0 Å². The highest BCUT2D eigenvalue weighted by atomic mass is 35.5. The van der Waals surface area contributed by atoms with Gasteiger partial charge in [0.2, 0.25) is 10.0 Å². The van der Waals surface area contributed by atoms with Crippen molar-refractivity contribution in [2.45, 2.75) is 6.04 Å². The van der Waals surface area contributed by atoms with Crippen LogP contribution in [0.25, 0.3) is 0 Å². The minimum atomic E-state index is -3.12. The lowest BCUT2D eigenvalue weighted by molar-refractivity contribution is 0.140. The van der Waals surface area contributed by atoms with Crippen molar-refractivity contribution in [2.24, 2.45) is 5.73 Å². The molecule has 1 aromatic rings. The highest BCUT2D eigenvalue weighted by molar-refractivity contribution is 7.88. The number of benzene rings is 1. The lowest BCUT2D eigenvalue weighted by Crippen LogP contribution is -2.50. The van der Waals surface area contributed by atoms with Crippen LogP contribution in [0.15, 0.2) is 18.2 Å². The van der Waals surface area contributed by atoms with Crippen LogP contribution >= 0.6 is 23.2 Å². The van der Waals surface area contributed by atoms with Crippen LogP contribution in [0.3, 0.4) is 0 Å². The number of halogens is 2. The molecule has 0 spiro atoms. The molecule has 1 fully saturated rings. The van der Waals surface area contributed by atoms with E-state index in [2.05, 4.69) is 4.90 Å². The Morgan fingerprint density at radius 2 is 1.81 bits per heavy atom. The Balaban J connectivity index is 2.11. The monoisotopic (exact) mass is 351 g/mol. The Labute approximate surface area is 135 Å². The van der Waals surface area contributed by atoms with E-state index >= 15 is 0 Å². The second kappa shape index (κ2) is 6.81. The highest BCUT2D eigenvalue weighted by Crippen LogP contribution is 2.28. The molecule has 1 unspecified atom stereocenters. The largest absolute Gasteiger partial charge is 0.329 e. The average Bonchev–Trinajstić information content (AvgIpc) is 2.43. The van der Waals surface area contributed by atoms with Gasteiger partial charge in [0.25, 0.3) is 0 Å². The van der Waals surface area contributed by atoms with Gasteiger partial charge in [-0.2, -0.15) is 4.31 Å². The fourth-order valence-corrected chi connectivity index (χ4v) is 3.70. The van der Waals surface area contributed by atoms with Gasteiger partial charge < -0.3 is 5.73 Å². The Hall–Kier alpha value is -0.370. The molecule has 8 heteroatoms. The number of piperazine rings is 1. The van der Waals surface area contributed by atoms with E-state index in [4.69, 9.17) is 28.9 Å². The molecular formula is C13H19Cl2N3O2S. The molecular weight excluding hydrogens is 333 g/mol. The molecule has 1 atom stereocenters. The predicted molar refractivity (Wildman–Crippen MR) is 86.2 cm³/mol. The minimum Gasteiger partial charge on any atom is -0.329 e. The van der Waals surface area contributed by atoms with Crippen molar-refractivity contribution in [1.82, 2.24) is 9.21 Å². The predicted octanol–water partition coefficient (Wildman–Crippen LogP) is 1.57. The molecule has 0 saturated carbocycles. The Morgan fingerprint density at radius 3 is 2.29 bits per heavy atom. The summed E-state index contributed by atoms with van der Waals surface area (Å²) < 4.78 is 24.6. The number of hydrogen-bond donors (Lipinski definition) is 1. The van der Waals surface area contributed by atoms with Crippen molar-refractivity contribution in [3.05, 3.63) is 33.8 Å². The van der Waals surface area contributed by atoms with Crippen LogP contribution in [0.5, 0.6) is 0 Å². The van der Waals surface area contributed by atoms with Gasteiger partial charge in [0.15, 0.2) is 0 Å². The fraction of sp³-hybridized carbons (Fsp3) is 0.538. The maximum atomic E-state index is 11.5. The second-order valence-corrected chi connectivity index (χ2v) is 7.92. The standard InChI is InChI=1S/C13H19Cl2N3O2S/c1-21(19,20)18-6-4-17(5-7-18)13(9-16)10-2-3-11(14)12(15)8-10/h2-3,8,13H,4-7,9,16H2,1H3. The summed E-state index contributed by atoms with van der Waals surface area (Å²) in [5.41, 5.74) is 6.89. The average molecular weight is 352 g/mol. The SMILES string of the molecule is CS(=O)(=O)N1CCN(C(CN)c2ccc(Cl)c(Cl)c2)CC1. The molecule has 1 aromatic carbocycles. The van der Waals surface area contributed by atoms with E-state index in [-0.39, 0.29) is 6.04 Å². The molecule has 2 rings (SSSR count). The summed E-state index contributed by atoms with van der Waals surface area (Å²) in [5.74, 6) is 0. The Bertz CT molecular complexity index is 601. The van der Waals surface area contributed by atoms with Crippen molar-refractivity contribution < 1.29 is 8.42 Å². The zero-order valence-electron chi connectivity index (χ0n) is 11.8. The normalized spacial score (nSPS) is 19.6. The molecule has 1 aliphatic heterocycles. The van der Waals surface area contributed by atoms with Crippen LogP contribution < -0.4 is 5.73 Å². The van der Waals surface area contributed by atoms with E-state index in [0.29, 0.717) is 42.8 Å². The summed E-state index contributed by atoms with van der Waals surface area (Å²) in [5, 5.41) is 1.01. The topological polar surface area (TPSA) is 66.6 Å². The van der Waals surface area contributed by atoms with E-state index < -0.39 is 10.0 Å². The maximum Gasteiger partial charge on any atom is 0.211 e. The van der Waals surface area contributed by atoms with E-state index in [1.165, 1.54) is 10.6 Å². The van der Waals surface area contributed by atoms with Gasteiger partial charge in [-0.05, 0) is 17.7 Å². The van der Waals surface area contributed by atoms with E-state index in [1.54, 1.807) is 6.07 Å². The molecule has 5 nitrogen and oxygen atoms in total. The van der Waals surface area contributed by atoms with Crippen LogP contribution in [0, 0.1) is 0 Å². The summed E-state index contributed by atoms with van der Waals surface area (Å²) in [6.45, 7) is 2.70. The second-order valence-electron chi connectivity index (χ2n) is 5.12. The number of sulfonamides is 1. The number of nitrogens with zero attached hydrogens (tertiary/aromatic N) is 2. The third-order valence-electron chi connectivity index (χ3n) is 3.73. The van der Waals surface area contributed by atoms with E-state index in [0.717, 1.165) is 5.56 Å². The van der Waals surface area contributed by atoms with Gasteiger partial charge in [-0.3, -0.25) is 4.90 Å². The van der Waals surface area contributed by atoms with Crippen LogP contribution in [0.2, 0.25) is 10.0 Å². The van der Waals surface area contributed by atoms with Crippen molar-refractivity contribution in [1.29, 1.82) is 0 Å². The lowest BCUT2D eigenvalue weighted by atomic mass is 10.0. The molecule has 0 aliphatic carbocycles. The van der Waals surface area contributed by atoms with Gasteiger partial charge in [0.1, 0.15) is 0 Å². The quantitative estimate of drug-likeness (QED) is 0.893. The third-order valence-corrected chi connectivity index (χ3v) is 5.78. The van der Waals surface area contributed by atoms with Crippen molar-refractivity contribution in [3.63, 3.8) is 0 Å². The van der Waals surface area contributed by atoms with Gasteiger partial charge in [-0.25, -0.2) is 8.42 Å². The molecule has 1 saturated heterocycles. The third kappa shape index (κ3) is 4.09. The van der Waals surface area contributed by atoms with Crippen LogP contribution in [-0.2, 0) is 10.0 Å².